The number of esters is 1. The van der Waals surface area contributed by atoms with E-state index in [-0.39, 0.29) is 11.9 Å². The number of carbonyl (C=O) groups is 2. The Morgan fingerprint density at radius 3 is 2.35 bits per heavy atom. The average Bonchev–Trinajstić information content (AvgIpc) is 2.47. The molecular weight excluding hydrogens is 292 g/mol. The van der Waals surface area contributed by atoms with Gasteiger partial charge in [-0.2, -0.15) is 0 Å². The Morgan fingerprint density at radius 2 is 1.78 bits per heavy atom. The Balaban J connectivity index is 1.86. The smallest absolute Gasteiger partial charge is 0.338 e. The number of benzene rings is 1. The molecule has 0 unspecified atom stereocenters. The van der Waals surface area contributed by atoms with Crippen molar-refractivity contribution in [3.63, 3.8) is 0 Å². The molecule has 23 heavy (non-hydrogen) atoms. The van der Waals surface area contributed by atoms with Gasteiger partial charge in [0.1, 0.15) is 0 Å². The first-order chi connectivity index (χ1) is 11.0. The topological polar surface area (TPSA) is 58.6 Å². The number of hydrogen-bond donors (Lipinski definition) is 1. The zero-order valence-electron chi connectivity index (χ0n) is 14.2. The van der Waals surface area contributed by atoms with E-state index in [0.29, 0.717) is 36.2 Å². The molecule has 2 atom stereocenters. The van der Waals surface area contributed by atoms with Crippen LogP contribution in [0.5, 0.6) is 0 Å². The quantitative estimate of drug-likeness (QED) is 0.848. The summed E-state index contributed by atoms with van der Waals surface area (Å²) in [6, 6.07) is 6.79. The van der Waals surface area contributed by atoms with E-state index in [0.717, 1.165) is 13.1 Å². The van der Waals surface area contributed by atoms with Gasteiger partial charge in [0.05, 0.1) is 18.7 Å². The maximum atomic E-state index is 12.2. The molecule has 2 rings (SSSR count). The molecule has 0 saturated carbocycles. The molecule has 1 N–H and O–H groups in total. The van der Waals surface area contributed by atoms with Gasteiger partial charge in [0.2, 0.25) is 5.91 Å². The second kappa shape index (κ2) is 8.11. The van der Waals surface area contributed by atoms with E-state index in [1.54, 1.807) is 31.2 Å². The van der Waals surface area contributed by atoms with Crippen molar-refractivity contribution < 1.29 is 14.3 Å². The minimum Gasteiger partial charge on any atom is -0.462 e. The summed E-state index contributed by atoms with van der Waals surface area (Å²) in [5.41, 5.74) is 1.18. The molecule has 1 aliphatic heterocycles. The summed E-state index contributed by atoms with van der Waals surface area (Å²) in [6.45, 7) is 8.94. The maximum absolute atomic E-state index is 12.2. The lowest BCUT2D eigenvalue weighted by molar-refractivity contribution is -0.117. The molecule has 1 amide bonds. The molecule has 5 heteroatoms. The van der Waals surface area contributed by atoms with Gasteiger partial charge < -0.3 is 10.1 Å². The summed E-state index contributed by atoms with van der Waals surface area (Å²) in [5.74, 6) is 0.905. The molecule has 1 saturated heterocycles. The average molecular weight is 318 g/mol. The standard InChI is InChI=1S/C18H26N2O3/c1-4-23-18(22)15-5-7-16(8-6-15)19-17(21)12-20-10-13(2)9-14(3)11-20/h5-8,13-14H,4,9-12H2,1-3H3,(H,19,21)/t13-,14+. The first-order valence-electron chi connectivity index (χ1n) is 8.27. The van der Waals surface area contributed by atoms with Crippen LogP contribution in [0.25, 0.3) is 0 Å². The number of amides is 1. The van der Waals surface area contributed by atoms with Crippen molar-refractivity contribution in [2.45, 2.75) is 27.2 Å². The third kappa shape index (κ3) is 5.36. The van der Waals surface area contributed by atoms with Crippen LogP contribution >= 0.6 is 0 Å². The Labute approximate surface area is 138 Å². The van der Waals surface area contributed by atoms with E-state index in [2.05, 4.69) is 24.1 Å². The molecular formula is C18H26N2O3. The number of anilines is 1. The minimum absolute atomic E-state index is 0.0183. The van der Waals surface area contributed by atoms with Crippen molar-refractivity contribution in [2.75, 3.05) is 31.6 Å². The van der Waals surface area contributed by atoms with Gasteiger partial charge >= 0.3 is 5.97 Å². The molecule has 0 aliphatic carbocycles. The van der Waals surface area contributed by atoms with Crippen molar-refractivity contribution in [3.05, 3.63) is 29.8 Å². The van der Waals surface area contributed by atoms with Crippen molar-refractivity contribution in [3.8, 4) is 0 Å². The second-order valence-electron chi connectivity index (χ2n) is 6.49. The molecule has 0 bridgehead atoms. The van der Waals surface area contributed by atoms with Crippen molar-refractivity contribution in [1.82, 2.24) is 4.90 Å². The van der Waals surface area contributed by atoms with Crippen LogP contribution in [0.2, 0.25) is 0 Å². The number of hydrogen-bond acceptors (Lipinski definition) is 4. The molecule has 1 fully saturated rings. The monoisotopic (exact) mass is 318 g/mol. The van der Waals surface area contributed by atoms with E-state index in [1.165, 1.54) is 6.42 Å². The SMILES string of the molecule is CCOC(=O)c1ccc(NC(=O)CN2C[C@H](C)C[C@H](C)C2)cc1. The Bertz CT molecular complexity index is 532. The van der Waals surface area contributed by atoms with E-state index in [1.807, 2.05) is 0 Å². The summed E-state index contributed by atoms with van der Waals surface area (Å²) < 4.78 is 4.94. The van der Waals surface area contributed by atoms with E-state index < -0.39 is 0 Å². The summed E-state index contributed by atoms with van der Waals surface area (Å²) in [5, 5.41) is 2.88. The normalized spacial score (nSPS) is 21.7. The molecule has 5 nitrogen and oxygen atoms in total. The van der Waals surface area contributed by atoms with E-state index in [9.17, 15) is 9.59 Å². The highest BCUT2D eigenvalue weighted by atomic mass is 16.5. The molecule has 126 valence electrons. The number of rotatable bonds is 5. The van der Waals surface area contributed by atoms with Crippen LogP contribution in [-0.2, 0) is 9.53 Å². The van der Waals surface area contributed by atoms with Gasteiger partial charge in [-0.05, 0) is 49.4 Å². The van der Waals surface area contributed by atoms with Crippen molar-refractivity contribution >= 4 is 17.6 Å². The van der Waals surface area contributed by atoms with Gasteiger partial charge in [0, 0.05) is 18.8 Å². The Hall–Kier alpha value is -1.88. The summed E-state index contributed by atoms with van der Waals surface area (Å²) in [7, 11) is 0. The number of likely N-dealkylation sites (tertiary alicyclic amines) is 1. The highest BCUT2D eigenvalue weighted by Crippen LogP contribution is 2.20. The van der Waals surface area contributed by atoms with Crippen LogP contribution in [0.15, 0.2) is 24.3 Å². The first kappa shape index (κ1) is 17.5. The number of nitrogens with one attached hydrogen (secondary N) is 1. The van der Waals surface area contributed by atoms with Crippen LogP contribution in [0.3, 0.4) is 0 Å². The van der Waals surface area contributed by atoms with Gasteiger partial charge in [0.25, 0.3) is 0 Å². The molecule has 0 aromatic heterocycles. The lowest BCUT2D eigenvalue weighted by atomic mass is 9.92. The number of piperidine rings is 1. The predicted octanol–water partition coefficient (Wildman–Crippen LogP) is 2.78. The number of ether oxygens (including phenoxy) is 1. The van der Waals surface area contributed by atoms with Crippen LogP contribution in [0, 0.1) is 11.8 Å². The van der Waals surface area contributed by atoms with E-state index in [4.69, 9.17) is 4.74 Å². The highest BCUT2D eigenvalue weighted by Gasteiger charge is 2.23. The third-order valence-electron chi connectivity index (χ3n) is 3.99. The van der Waals surface area contributed by atoms with Crippen LogP contribution < -0.4 is 5.32 Å². The van der Waals surface area contributed by atoms with Crippen molar-refractivity contribution in [1.29, 1.82) is 0 Å². The molecule has 1 aliphatic rings. The maximum Gasteiger partial charge on any atom is 0.338 e. The zero-order valence-corrected chi connectivity index (χ0v) is 14.2. The Morgan fingerprint density at radius 1 is 1.17 bits per heavy atom. The summed E-state index contributed by atoms with van der Waals surface area (Å²) in [6.07, 6.45) is 1.23. The first-order valence-corrected chi connectivity index (χ1v) is 8.27. The van der Waals surface area contributed by atoms with E-state index >= 15 is 0 Å². The molecule has 1 aromatic carbocycles. The lowest BCUT2D eigenvalue weighted by Crippen LogP contribution is -2.42. The lowest BCUT2D eigenvalue weighted by Gasteiger charge is -2.34. The third-order valence-corrected chi connectivity index (χ3v) is 3.99. The largest absolute Gasteiger partial charge is 0.462 e. The fourth-order valence-electron chi connectivity index (χ4n) is 3.23. The molecule has 1 heterocycles. The molecule has 0 radical (unpaired) electrons. The minimum atomic E-state index is -0.346. The van der Waals surface area contributed by atoms with Crippen LogP contribution in [-0.4, -0.2) is 43.0 Å². The fourth-order valence-corrected chi connectivity index (χ4v) is 3.23. The molecule has 0 spiro atoms. The second-order valence-corrected chi connectivity index (χ2v) is 6.49. The van der Waals surface area contributed by atoms with Gasteiger partial charge in [-0.15, -0.1) is 0 Å². The molecule has 1 aromatic rings. The Kier molecular flexibility index (Phi) is 6.16. The zero-order chi connectivity index (χ0) is 16.8. The van der Waals surface area contributed by atoms with Crippen LogP contribution in [0.4, 0.5) is 5.69 Å². The highest BCUT2D eigenvalue weighted by molar-refractivity contribution is 5.94. The number of nitrogens with zero attached hydrogens (tertiary/aromatic N) is 1. The van der Waals surface area contributed by atoms with Gasteiger partial charge in [-0.25, -0.2) is 4.79 Å². The summed E-state index contributed by atoms with van der Waals surface area (Å²) in [4.78, 5) is 26.0. The predicted molar refractivity (Wildman–Crippen MR) is 90.4 cm³/mol. The van der Waals surface area contributed by atoms with Gasteiger partial charge in [-0.3, -0.25) is 9.69 Å². The number of carbonyl (C=O) groups excluding carboxylic acids is 2. The van der Waals surface area contributed by atoms with Crippen LogP contribution in [0.1, 0.15) is 37.6 Å². The van der Waals surface area contributed by atoms with Gasteiger partial charge in [0.15, 0.2) is 0 Å². The fraction of sp³-hybridized carbons (Fsp3) is 0.556. The van der Waals surface area contributed by atoms with Crippen molar-refractivity contribution in [2.24, 2.45) is 11.8 Å². The van der Waals surface area contributed by atoms with Gasteiger partial charge in [-0.1, -0.05) is 13.8 Å². The summed E-state index contributed by atoms with van der Waals surface area (Å²) >= 11 is 0.